The number of aliphatic hydroxyl groups excluding tert-OH is 1. The average molecular weight is 314 g/mol. The van der Waals surface area contributed by atoms with E-state index in [1.165, 1.54) is 0 Å². The molecule has 1 aliphatic rings. The second-order valence-corrected chi connectivity index (χ2v) is 5.96. The number of aliphatic hydroxyl groups is 1. The monoisotopic (exact) mass is 314 g/mol. The van der Waals surface area contributed by atoms with Gasteiger partial charge in [-0.25, -0.2) is 9.48 Å². The van der Waals surface area contributed by atoms with Gasteiger partial charge in [-0.1, -0.05) is 31.2 Å². The molecule has 1 aliphatic carbocycles. The second kappa shape index (κ2) is 6.42. The summed E-state index contributed by atoms with van der Waals surface area (Å²) in [5.41, 5.74) is 2.06. The standard InChI is InChI=1S/C17H22N4O2/c1-3-11(2)21-15(8-9-18-21)19-17(23)20-16-13-7-5-4-6-12(13)10-14(16)22/h4-9,11,14,16,22H,3,10H2,1-2H3,(H2,19,20,23)/t11?,14-,16+/m0/s1. The van der Waals surface area contributed by atoms with Gasteiger partial charge in [-0.3, -0.25) is 5.32 Å². The van der Waals surface area contributed by atoms with E-state index < -0.39 is 6.10 Å². The van der Waals surface area contributed by atoms with Gasteiger partial charge in [0.25, 0.3) is 0 Å². The predicted molar refractivity (Wildman–Crippen MR) is 88.3 cm³/mol. The molecule has 1 heterocycles. The molecule has 3 rings (SSSR count). The van der Waals surface area contributed by atoms with Gasteiger partial charge in [-0.15, -0.1) is 0 Å². The van der Waals surface area contributed by atoms with E-state index in [2.05, 4.69) is 22.7 Å². The number of benzene rings is 1. The first kappa shape index (κ1) is 15.6. The van der Waals surface area contributed by atoms with Crippen molar-refractivity contribution in [1.82, 2.24) is 15.1 Å². The number of nitrogens with one attached hydrogen (secondary N) is 2. The fourth-order valence-corrected chi connectivity index (χ4v) is 2.98. The molecule has 0 saturated heterocycles. The molecular weight excluding hydrogens is 292 g/mol. The first-order valence-electron chi connectivity index (χ1n) is 7.97. The molecule has 0 saturated carbocycles. The number of hydrogen-bond acceptors (Lipinski definition) is 3. The van der Waals surface area contributed by atoms with Gasteiger partial charge in [0, 0.05) is 12.5 Å². The van der Waals surface area contributed by atoms with E-state index in [4.69, 9.17) is 0 Å². The lowest BCUT2D eigenvalue weighted by atomic mass is 10.1. The van der Waals surface area contributed by atoms with E-state index in [1.807, 2.05) is 31.2 Å². The van der Waals surface area contributed by atoms with Gasteiger partial charge in [0.15, 0.2) is 0 Å². The lowest BCUT2D eigenvalue weighted by Crippen LogP contribution is -2.37. The maximum atomic E-state index is 12.3. The van der Waals surface area contributed by atoms with E-state index in [1.54, 1.807) is 16.9 Å². The third kappa shape index (κ3) is 3.07. The normalized spacial score (nSPS) is 20.8. The molecule has 23 heavy (non-hydrogen) atoms. The SMILES string of the molecule is CCC(C)n1nccc1NC(=O)N[C@@H]1c2ccccc2C[C@@H]1O. The second-order valence-electron chi connectivity index (χ2n) is 5.96. The quantitative estimate of drug-likeness (QED) is 0.811. The number of carbonyl (C=O) groups is 1. The molecule has 2 aromatic rings. The van der Waals surface area contributed by atoms with Crippen LogP contribution in [0.5, 0.6) is 0 Å². The van der Waals surface area contributed by atoms with E-state index in [0.717, 1.165) is 17.5 Å². The number of urea groups is 1. The van der Waals surface area contributed by atoms with Crippen LogP contribution in [0.3, 0.4) is 0 Å². The molecule has 0 radical (unpaired) electrons. The highest BCUT2D eigenvalue weighted by Crippen LogP contribution is 2.31. The summed E-state index contributed by atoms with van der Waals surface area (Å²) in [4.78, 5) is 12.3. The average Bonchev–Trinajstić information content (AvgIpc) is 3.12. The van der Waals surface area contributed by atoms with Crippen molar-refractivity contribution in [3.63, 3.8) is 0 Å². The van der Waals surface area contributed by atoms with E-state index in [9.17, 15) is 9.90 Å². The van der Waals surface area contributed by atoms with Crippen molar-refractivity contribution in [3.8, 4) is 0 Å². The molecule has 3 atom stereocenters. The summed E-state index contributed by atoms with van der Waals surface area (Å²) in [5.74, 6) is 0.651. The summed E-state index contributed by atoms with van der Waals surface area (Å²) in [7, 11) is 0. The molecule has 0 bridgehead atoms. The predicted octanol–water partition coefficient (Wildman–Crippen LogP) is 2.63. The highest BCUT2D eigenvalue weighted by Gasteiger charge is 2.32. The number of hydrogen-bond donors (Lipinski definition) is 3. The Balaban J connectivity index is 1.70. The third-order valence-electron chi connectivity index (χ3n) is 4.41. The highest BCUT2D eigenvalue weighted by molar-refractivity contribution is 5.88. The Labute approximate surface area is 135 Å². The molecule has 1 aromatic heterocycles. The smallest absolute Gasteiger partial charge is 0.320 e. The Kier molecular flexibility index (Phi) is 4.34. The minimum absolute atomic E-state index is 0.207. The fraction of sp³-hybridized carbons (Fsp3) is 0.412. The van der Waals surface area contributed by atoms with Crippen molar-refractivity contribution in [3.05, 3.63) is 47.7 Å². The first-order chi connectivity index (χ1) is 11.1. The maximum absolute atomic E-state index is 12.3. The third-order valence-corrected chi connectivity index (χ3v) is 4.41. The van der Waals surface area contributed by atoms with Crippen molar-refractivity contribution in [2.75, 3.05) is 5.32 Å². The van der Waals surface area contributed by atoms with Gasteiger partial charge in [0.1, 0.15) is 5.82 Å². The number of rotatable bonds is 4. The zero-order valence-corrected chi connectivity index (χ0v) is 13.4. The van der Waals surface area contributed by atoms with Crippen molar-refractivity contribution >= 4 is 11.8 Å². The van der Waals surface area contributed by atoms with Gasteiger partial charge in [0.2, 0.25) is 0 Å². The summed E-state index contributed by atoms with van der Waals surface area (Å²) in [6, 6.07) is 9.04. The topological polar surface area (TPSA) is 79.2 Å². The maximum Gasteiger partial charge on any atom is 0.320 e. The summed E-state index contributed by atoms with van der Waals surface area (Å²) < 4.78 is 1.79. The van der Waals surface area contributed by atoms with Crippen LogP contribution < -0.4 is 10.6 Å². The van der Waals surface area contributed by atoms with Gasteiger partial charge in [-0.05, 0) is 24.5 Å². The summed E-state index contributed by atoms with van der Waals surface area (Å²) in [6.07, 6.45) is 2.55. The minimum atomic E-state index is -0.599. The van der Waals surface area contributed by atoms with Gasteiger partial charge in [0.05, 0.1) is 24.4 Å². The number of anilines is 1. The number of aromatic nitrogens is 2. The van der Waals surface area contributed by atoms with Crippen molar-refractivity contribution < 1.29 is 9.90 Å². The zero-order valence-electron chi connectivity index (χ0n) is 13.4. The van der Waals surface area contributed by atoms with Gasteiger partial charge < -0.3 is 10.4 Å². The summed E-state index contributed by atoms with van der Waals surface area (Å²) in [5, 5.41) is 20.1. The Bertz CT molecular complexity index is 697. The molecule has 0 fully saturated rings. The van der Waals surface area contributed by atoms with Crippen LogP contribution in [0.25, 0.3) is 0 Å². The largest absolute Gasteiger partial charge is 0.390 e. The Morgan fingerprint density at radius 2 is 2.22 bits per heavy atom. The number of carbonyl (C=O) groups excluding carboxylic acids is 1. The Hall–Kier alpha value is -2.34. The van der Waals surface area contributed by atoms with Crippen LogP contribution in [-0.2, 0) is 6.42 Å². The van der Waals surface area contributed by atoms with Crippen molar-refractivity contribution in [2.45, 2.75) is 44.9 Å². The molecule has 6 heteroatoms. The van der Waals surface area contributed by atoms with E-state index in [-0.39, 0.29) is 18.1 Å². The highest BCUT2D eigenvalue weighted by atomic mass is 16.3. The van der Waals surface area contributed by atoms with Crippen LogP contribution >= 0.6 is 0 Å². The van der Waals surface area contributed by atoms with Crippen LogP contribution in [0.2, 0.25) is 0 Å². The molecule has 3 N–H and O–H groups in total. The molecule has 122 valence electrons. The fourth-order valence-electron chi connectivity index (χ4n) is 2.98. The van der Waals surface area contributed by atoms with Crippen LogP contribution in [0.4, 0.5) is 10.6 Å². The Morgan fingerprint density at radius 1 is 1.43 bits per heavy atom. The molecule has 2 amide bonds. The lowest BCUT2D eigenvalue weighted by molar-refractivity contribution is 0.144. The first-order valence-corrected chi connectivity index (χ1v) is 7.97. The summed E-state index contributed by atoms with van der Waals surface area (Å²) in [6.45, 7) is 4.12. The van der Waals surface area contributed by atoms with Crippen molar-refractivity contribution in [2.24, 2.45) is 0 Å². The zero-order chi connectivity index (χ0) is 16.4. The van der Waals surface area contributed by atoms with Gasteiger partial charge in [-0.2, -0.15) is 5.10 Å². The lowest BCUT2D eigenvalue weighted by Gasteiger charge is -2.19. The molecule has 6 nitrogen and oxygen atoms in total. The molecule has 1 aromatic carbocycles. The van der Waals surface area contributed by atoms with Crippen LogP contribution in [0.1, 0.15) is 43.5 Å². The molecule has 1 unspecified atom stereocenters. The molecule has 0 aliphatic heterocycles. The van der Waals surface area contributed by atoms with Crippen LogP contribution in [-0.4, -0.2) is 27.0 Å². The van der Waals surface area contributed by atoms with Crippen LogP contribution in [0.15, 0.2) is 36.5 Å². The minimum Gasteiger partial charge on any atom is -0.390 e. The summed E-state index contributed by atoms with van der Waals surface area (Å²) >= 11 is 0. The van der Waals surface area contributed by atoms with Gasteiger partial charge >= 0.3 is 6.03 Å². The Morgan fingerprint density at radius 3 is 3.00 bits per heavy atom. The number of amides is 2. The molecule has 0 spiro atoms. The number of nitrogens with zero attached hydrogens (tertiary/aromatic N) is 2. The molecular formula is C17H22N4O2. The van der Waals surface area contributed by atoms with Crippen LogP contribution in [0, 0.1) is 0 Å². The van der Waals surface area contributed by atoms with E-state index >= 15 is 0 Å². The van der Waals surface area contributed by atoms with E-state index in [0.29, 0.717) is 12.2 Å². The number of fused-ring (bicyclic) bond motifs is 1. The van der Waals surface area contributed by atoms with Crippen molar-refractivity contribution in [1.29, 1.82) is 0 Å².